The maximum Gasteiger partial charge on any atom is 0.320 e. The van der Waals surface area contributed by atoms with Crippen molar-refractivity contribution in [3.05, 3.63) is 114 Å². The summed E-state index contributed by atoms with van der Waals surface area (Å²) in [6, 6.07) is 29.1. The van der Waals surface area contributed by atoms with Gasteiger partial charge in [-0.25, -0.2) is 9.48 Å². The number of thioether (sulfide) groups is 1. The lowest BCUT2D eigenvalue weighted by Gasteiger charge is -2.18. The van der Waals surface area contributed by atoms with Crippen molar-refractivity contribution in [2.45, 2.75) is 53.7 Å². The highest BCUT2D eigenvalue weighted by atomic mass is 32.2. The van der Waals surface area contributed by atoms with Crippen LogP contribution in [0.15, 0.2) is 107 Å². The summed E-state index contributed by atoms with van der Waals surface area (Å²) in [6.45, 7) is 4.60. The third kappa shape index (κ3) is 6.59. The van der Waals surface area contributed by atoms with Crippen molar-refractivity contribution >= 4 is 41.0 Å². The van der Waals surface area contributed by atoms with E-state index in [4.69, 9.17) is 5.10 Å². The predicted octanol–water partition coefficient (Wildman–Crippen LogP) is 8.24. The second-order valence-electron chi connectivity index (χ2n) is 12.1. The molecule has 9 nitrogen and oxygen atoms in total. The predicted molar refractivity (Wildman–Crippen MR) is 189 cm³/mol. The summed E-state index contributed by atoms with van der Waals surface area (Å²) < 4.78 is 3.47. The SMILES string of the molecule is CSC(C)(C)c1cc(NC(=O)NCc2ccccc2Sc2ccc3nnc(-c4ccccc4O)n3c2)n(-c2ccc(C3CC3)cc2)n1. The number of amides is 2. The molecular formula is C36H35N7O2S2. The number of pyridine rings is 1. The van der Waals surface area contributed by atoms with Crippen LogP contribution in [-0.2, 0) is 11.3 Å². The van der Waals surface area contributed by atoms with Crippen molar-refractivity contribution in [2.24, 2.45) is 0 Å². The number of nitrogens with one attached hydrogen (secondary N) is 2. The van der Waals surface area contributed by atoms with Gasteiger partial charge in [0.05, 0.1) is 21.7 Å². The number of hydrogen-bond donors (Lipinski definition) is 3. The standard InChI is InChI=1S/C36H35N7O2S2/c1-36(2,46-3)31-20-33(43(41-31)26-16-14-24(15-17-26)23-12-13-23)38-35(45)37-21-25-8-4-7-11-30(25)47-27-18-19-32-39-40-34(42(32)22-27)28-9-5-6-10-29(28)44/h4-11,14-20,22-23,44H,12-13,21H2,1-3H3,(H2,37,38,45). The molecule has 11 heteroatoms. The first kappa shape index (κ1) is 30.9. The summed E-state index contributed by atoms with van der Waals surface area (Å²) in [5.41, 5.74) is 5.42. The van der Waals surface area contributed by atoms with Gasteiger partial charge in [0.15, 0.2) is 11.5 Å². The van der Waals surface area contributed by atoms with Gasteiger partial charge in [-0.3, -0.25) is 9.72 Å². The van der Waals surface area contributed by atoms with Crippen molar-refractivity contribution < 1.29 is 9.90 Å². The van der Waals surface area contributed by atoms with Gasteiger partial charge in [-0.05, 0) is 92.5 Å². The van der Waals surface area contributed by atoms with Gasteiger partial charge in [0.2, 0.25) is 0 Å². The molecular weight excluding hydrogens is 627 g/mol. The molecule has 1 aliphatic rings. The Morgan fingerprint density at radius 2 is 1.74 bits per heavy atom. The Morgan fingerprint density at radius 1 is 0.979 bits per heavy atom. The van der Waals surface area contributed by atoms with E-state index >= 15 is 0 Å². The fourth-order valence-electron chi connectivity index (χ4n) is 5.36. The fourth-order valence-corrected chi connectivity index (χ4v) is 6.64. The van der Waals surface area contributed by atoms with Crippen LogP contribution < -0.4 is 10.6 Å². The molecule has 1 fully saturated rings. The molecule has 0 atom stereocenters. The average Bonchev–Trinajstić information content (AvgIpc) is 3.72. The first-order chi connectivity index (χ1) is 22.8. The molecule has 47 heavy (non-hydrogen) atoms. The minimum Gasteiger partial charge on any atom is -0.507 e. The molecule has 3 aromatic heterocycles. The Balaban J connectivity index is 1.08. The summed E-state index contributed by atoms with van der Waals surface area (Å²) in [5, 5.41) is 30.0. The van der Waals surface area contributed by atoms with Crippen molar-refractivity contribution in [1.82, 2.24) is 29.7 Å². The second-order valence-corrected chi connectivity index (χ2v) is 14.6. The van der Waals surface area contributed by atoms with E-state index in [9.17, 15) is 9.90 Å². The minimum atomic E-state index is -0.313. The van der Waals surface area contributed by atoms with E-state index in [1.807, 2.05) is 69.9 Å². The van der Waals surface area contributed by atoms with E-state index in [0.29, 0.717) is 35.3 Å². The van der Waals surface area contributed by atoms with Gasteiger partial charge in [0, 0.05) is 28.6 Å². The molecule has 0 bridgehead atoms. The number of phenolic OH excluding ortho intramolecular Hbond substituents is 1. The van der Waals surface area contributed by atoms with E-state index < -0.39 is 0 Å². The summed E-state index contributed by atoms with van der Waals surface area (Å²) in [7, 11) is 0. The van der Waals surface area contributed by atoms with Crippen LogP contribution >= 0.6 is 23.5 Å². The molecule has 3 aromatic carbocycles. The lowest BCUT2D eigenvalue weighted by molar-refractivity contribution is 0.251. The van der Waals surface area contributed by atoms with Gasteiger partial charge in [0.25, 0.3) is 0 Å². The third-order valence-corrected chi connectivity index (χ3v) is 10.7. The van der Waals surface area contributed by atoms with E-state index in [1.165, 1.54) is 18.4 Å². The Bertz CT molecular complexity index is 2070. The molecule has 6 aromatic rings. The van der Waals surface area contributed by atoms with Crippen LogP contribution in [0.1, 0.15) is 49.4 Å². The largest absolute Gasteiger partial charge is 0.507 e. The lowest BCUT2D eigenvalue weighted by Crippen LogP contribution is -2.29. The highest BCUT2D eigenvalue weighted by molar-refractivity contribution is 7.99. The number of benzene rings is 3. The zero-order valence-corrected chi connectivity index (χ0v) is 28.0. The summed E-state index contributed by atoms with van der Waals surface area (Å²) >= 11 is 3.30. The van der Waals surface area contributed by atoms with Crippen LogP contribution in [0.3, 0.4) is 0 Å². The number of fused-ring (bicyclic) bond motifs is 1. The number of aromatic nitrogens is 5. The Kier molecular flexibility index (Phi) is 8.42. The van der Waals surface area contributed by atoms with Gasteiger partial charge in [-0.15, -0.1) is 10.2 Å². The molecule has 2 amide bonds. The van der Waals surface area contributed by atoms with Gasteiger partial charge < -0.3 is 10.4 Å². The van der Waals surface area contributed by atoms with Gasteiger partial charge in [-0.2, -0.15) is 16.9 Å². The zero-order valence-electron chi connectivity index (χ0n) is 26.3. The Hall–Kier alpha value is -4.74. The average molecular weight is 662 g/mol. The molecule has 1 saturated carbocycles. The number of hydrogen-bond acceptors (Lipinski definition) is 7. The quantitative estimate of drug-likeness (QED) is 0.136. The number of anilines is 1. The normalized spacial score (nSPS) is 13.2. The third-order valence-electron chi connectivity index (χ3n) is 8.42. The molecule has 0 aliphatic heterocycles. The molecule has 0 unspecified atom stereocenters. The van der Waals surface area contributed by atoms with Crippen molar-refractivity contribution in [3.63, 3.8) is 0 Å². The molecule has 1 aliphatic carbocycles. The van der Waals surface area contributed by atoms with E-state index in [0.717, 1.165) is 26.7 Å². The molecule has 238 valence electrons. The highest BCUT2D eigenvalue weighted by Crippen LogP contribution is 2.40. The van der Waals surface area contributed by atoms with Gasteiger partial charge in [0.1, 0.15) is 11.6 Å². The monoisotopic (exact) mass is 661 g/mol. The number of carbonyl (C=O) groups is 1. The zero-order chi connectivity index (χ0) is 32.5. The van der Waals surface area contributed by atoms with Gasteiger partial charge in [-0.1, -0.05) is 54.2 Å². The second kappa shape index (κ2) is 12.8. The number of aromatic hydroxyl groups is 1. The number of para-hydroxylation sites is 1. The number of carbonyl (C=O) groups excluding carboxylic acids is 1. The minimum absolute atomic E-state index is 0.147. The van der Waals surface area contributed by atoms with E-state index in [2.05, 4.69) is 65.2 Å². The maximum atomic E-state index is 13.3. The van der Waals surface area contributed by atoms with E-state index in [-0.39, 0.29) is 16.5 Å². The smallest absolute Gasteiger partial charge is 0.320 e. The highest BCUT2D eigenvalue weighted by Gasteiger charge is 2.26. The Labute approximate surface area is 281 Å². The van der Waals surface area contributed by atoms with Crippen LogP contribution in [-0.4, -0.2) is 41.8 Å². The topological polar surface area (TPSA) is 109 Å². The van der Waals surface area contributed by atoms with Crippen LogP contribution in [0, 0.1) is 0 Å². The van der Waals surface area contributed by atoms with Crippen LogP contribution in [0.5, 0.6) is 5.75 Å². The number of urea groups is 1. The molecule has 7 rings (SSSR count). The first-order valence-corrected chi connectivity index (χ1v) is 17.5. The fraction of sp³-hybridized carbons (Fsp3) is 0.222. The number of phenols is 1. The first-order valence-electron chi connectivity index (χ1n) is 15.5. The number of rotatable bonds is 10. The molecule has 3 N–H and O–H groups in total. The summed E-state index contributed by atoms with van der Waals surface area (Å²) in [5.74, 6) is 2.00. The van der Waals surface area contributed by atoms with Crippen molar-refractivity contribution in [3.8, 4) is 22.8 Å². The summed E-state index contributed by atoms with van der Waals surface area (Å²) in [6.07, 6.45) is 6.53. The van der Waals surface area contributed by atoms with E-state index in [1.54, 1.807) is 35.7 Å². The van der Waals surface area contributed by atoms with Crippen molar-refractivity contribution in [2.75, 3.05) is 11.6 Å². The molecule has 0 radical (unpaired) electrons. The molecule has 0 saturated heterocycles. The molecule has 3 heterocycles. The van der Waals surface area contributed by atoms with Crippen LogP contribution in [0.25, 0.3) is 22.7 Å². The lowest BCUT2D eigenvalue weighted by atomic mass is 10.1. The van der Waals surface area contributed by atoms with Crippen molar-refractivity contribution in [1.29, 1.82) is 0 Å². The number of nitrogens with zero attached hydrogens (tertiary/aromatic N) is 5. The van der Waals surface area contributed by atoms with Crippen LogP contribution in [0.2, 0.25) is 0 Å². The summed E-state index contributed by atoms with van der Waals surface area (Å²) in [4.78, 5) is 15.3. The van der Waals surface area contributed by atoms with Gasteiger partial charge >= 0.3 is 6.03 Å². The van der Waals surface area contributed by atoms with Crippen LogP contribution in [0.4, 0.5) is 10.6 Å². The maximum absolute atomic E-state index is 13.3. The Morgan fingerprint density at radius 3 is 2.51 bits per heavy atom. The molecule has 0 spiro atoms.